The van der Waals surface area contributed by atoms with Crippen molar-refractivity contribution in [2.45, 2.75) is 25.9 Å². The first-order valence-electron chi connectivity index (χ1n) is 9.27. The average molecular weight is 400 g/mol. The Balaban J connectivity index is 1.27. The van der Waals surface area contributed by atoms with Crippen LogP contribution in [0.15, 0.2) is 42.5 Å². The molecular weight excluding hydrogens is 379 g/mol. The molecule has 28 heavy (non-hydrogen) atoms. The third-order valence-electron chi connectivity index (χ3n) is 4.74. The van der Waals surface area contributed by atoms with Crippen LogP contribution in [-0.2, 0) is 4.79 Å². The largest absolute Gasteiger partial charge is 0.484 e. The molecular formula is C21H21FN2O3S. The molecule has 146 valence electrons. The van der Waals surface area contributed by atoms with E-state index in [9.17, 15) is 9.18 Å². The second-order valence-corrected chi connectivity index (χ2v) is 7.89. The zero-order valence-corrected chi connectivity index (χ0v) is 16.4. The van der Waals surface area contributed by atoms with Gasteiger partial charge in [0, 0.05) is 25.9 Å². The van der Waals surface area contributed by atoms with Gasteiger partial charge in [0.2, 0.25) is 0 Å². The van der Waals surface area contributed by atoms with Crippen LogP contribution >= 0.6 is 11.3 Å². The zero-order chi connectivity index (χ0) is 19.5. The number of hydrogen-bond acceptors (Lipinski definition) is 5. The van der Waals surface area contributed by atoms with Crippen molar-refractivity contribution < 1.29 is 18.7 Å². The standard InChI is InChI=1S/C21H21FN2O3S/c1-14-3-2-4-17(11-14)26-13-20(25)24-9-7-16(8-10-24)27-21-23-18-6-5-15(22)12-19(18)28-21/h2-6,11-12,16H,7-10,13H2,1H3. The number of piperidine rings is 1. The number of aromatic nitrogens is 1. The Morgan fingerprint density at radius 1 is 1.25 bits per heavy atom. The molecule has 1 aliphatic rings. The second-order valence-electron chi connectivity index (χ2n) is 6.89. The predicted molar refractivity (Wildman–Crippen MR) is 106 cm³/mol. The second kappa shape index (κ2) is 8.14. The van der Waals surface area contributed by atoms with Gasteiger partial charge in [0.05, 0.1) is 10.2 Å². The summed E-state index contributed by atoms with van der Waals surface area (Å²) in [4.78, 5) is 18.6. The van der Waals surface area contributed by atoms with E-state index in [0.717, 1.165) is 28.6 Å². The highest BCUT2D eigenvalue weighted by molar-refractivity contribution is 7.20. The molecule has 1 saturated heterocycles. The number of hydrogen-bond donors (Lipinski definition) is 0. The number of fused-ring (bicyclic) bond motifs is 1. The molecule has 2 aromatic carbocycles. The van der Waals surface area contributed by atoms with Crippen LogP contribution < -0.4 is 9.47 Å². The van der Waals surface area contributed by atoms with Crippen LogP contribution in [0.1, 0.15) is 18.4 Å². The number of halogens is 1. The zero-order valence-electron chi connectivity index (χ0n) is 15.6. The molecule has 1 aliphatic heterocycles. The van der Waals surface area contributed by atoms with Gasteiger partial charge in [0.25, 0.3) is 11.1 Å². The van der Waals surface area contributed by atoms with Crippen LogP contribution in [0.25, 0.3) is 10.2 Å². The van der Waals surface area contributed by atoms with E-state index in [1.165, 1.54) is 23.5 Å². The molecule has 0 spiro atoms. The van der Waals surface area contributed by atoms with Crippen molar-refractivity contribution in [3.05, 3.63) is 53.8 Å². The summed E-state index contributed by atoms with van der Waals surface area (Å²) in [5, 5.41) is 0.549. The summed E-state index contributed by atoms with van der Waals surface area (Å²) >= 11 is 1.35. The topological polar surface area (TPSA) is 51.7 Å². The van der Waals surface area contributed by atoms with Gasteiger partial charge in [-0.25, -0.2) is 9.37 Å². The van der Waals surface area contributed by atoms with Gasteiger partial charge >= 0.3 is 0 Å². The normalized spacial score (nSPS) is 15.0. The quantitative estimate of drug-likeness (QED) is 0.644. The monoisotopic (exact) mass is 400 g/mol. The molecule has 4 rings (SSSR count). The number of amides is 1. The number of ether oxygens (including phenoxy) is 2. The van der Waals surface area contributed by atoms with Gasteiger partial charge in [-0.15, -0.1) is 0 Å². The van der Waals surface area contributed by atoms with Crippen LogP contribution in [0.2, 0.25) is 0 Å². The molecule has 0 aliphatic carbocycles. The summed E-state index contributed by atoms with van der Waals surface area (Å²) in [7, 11) is 0. The summed E-state index contributed by atoms with van der Waals surface area (Å²) in [6.07, 6.45) is 1.48. The maximum absolute atomic E-state index is 13.3. The van der Waals surface area contributed by atoms with E-state index < -0.39 is 0 Å². The molecule has 2 heterocycles. The minimum atomic E-state index is -0.276. The molecule has 1 fully saturated rings. The Hall–Kier alpha value is -2.67. The summed E-state index contributed by atoms with van der Waals surface area (Å²) in [5.74, 6) is 0.414. The minimum absolute atomic E-state index is 0.00662. The molecule has 5 nitrogen and oxygen atoms in total. The van der Waals surface area contributed by atoms with Gasteiger partial charge < -0.3 is 14.4 Å². The van der Waals surface area contributed by atoms with Crippen molar-refractivity contribution in [1.29, 1.82) is 0 Å². The lowest BCUT2D eigenvalue weighted by atomic mass is 10.1. The minimum Gasteiger partial charge on any atom is -0.484 e. The summed E-state index contributed by atoms with van der Waals surface area (Å²) in [6.45, 7) is 3.28. The number of nitrogens with zero attached hydrogens (tertiary/aromatic N) is 2. The van der Waals surface area contributed by atoms with Gasteiger partial charge in [-0.1, -0.05) is 23.5 Å². The van der Waals surface area contributed by atoms with Crippen LogP contribution in [0.3, 0.4) is 0 Å². The predicted octanol–water partition coefficient (Wildman–Crippen LogP) is 4.19. The van der Waals surface area contributed by atoms with Crippen molar-refractivity contribution >= 4 is 27.5 Å². The molecule has 7 heteroatoms. The first-order chi connectivity index (χ1) is 13.6. The lowest BCUT2D eigenvalue weighted by molar-refractivity contribution is -0.135. The number of likely N-dealkylation sites (tertiary alicyclic amines) is 1. The van der Waals surface area contributed by atoms with Crippen molar-refractivity contribution in [1.82, 2.24) is 9.88 Å². The van der Waals surface area contributed by atoms with E-state index in [0.29, 0.717) is 24.0 Å². The molecule has 0 bridgehead atoms. The van der Waals surface area contributed by atoms with Crippen LogP contribution in [0.5, 0.6) is 10.9 Å². The molecule has 1 amide bonds. The SMILES string of the molecule is Cc1cccc(OCC(=O)N2CCC(Oc3nc4ccc(F)cc4s3)CC2)c1. The smallest absolute Gasteiger partial charge is 0.274 e. The fourth-order valence-electron chi connectivity index (χ4n) is 3.23. The number of rotatable bonds is 5. The third kappa shape index (κ3) is 4.42. The molecule has 3 aromatic rings. The van der Waals surface area contributed by atoms with Gasteiger partial charge in [-0.3, -0.25) is 4.79 Å². The highest BCUT2D eigenvalue weighted by Gasteiger charge is 2.25. The van der Waals surface area contributed by atoms with Crippen LogP contribution in [-0.4, -0.2) is 41.6 Å². The van der Waals surface area contributed by atoms with Crippen LogP contribution in [0.4, 0.5) is 4.39 Å². The van der Waals surface area contributed by atoms with E-state index >= 15 is 0 Å². The molecule has 0 radical (unpaired) electrons. The lowest BCUT2D eigenvalue weighted by Gasteiger charge is -2.31. The highest BCUT2D eigenvalue weighted by Crippen LogP contribution is 2.30. The van der Waals surface area contributed by atoms with Crippen LogP contribution in [0, 0.1) is 12.7 Å². The van der Waals surface area contributed by atoms with E-state index in [4.69, 9.17) is 9.47 Å². The van der Waals surface area contributed by atoms with Crippen molar-refractivity contribution in [2.75, 3.05) is 19.7 Å². The number of benzene rings is 2. The summed E-state index contributed by atoms with van der Waals surface area (Å²) in [6, 6.07) is 12.2. The molecule has 0 atom stereocenters. The van der Waals surface area contributed by atoms with E-state index in [1.807, 2.05) is 36.1 Å². The maximum Gasteiger partial charge on any atom is 0.274 e. The Labute approximate surface area is 166 Å². The molecule has 0 saturated carbocycles. The average Bonchev–Trinajstić information content (AvgIpc) is 3.08. The van der Waals surface area contributed by atoms with Gasteiger partial charge in [0.1, 0.15) is 17.7 Å². The number of thiazole rings is 1. The van der Waals surface area contributed by atoms with Gasteiger partial charge in [-0.05, 0) is 42.8 Å². The first kappa shape index (κ1) is 18.7. The summed E-state index contributed by atoms with van der Waals surface area (Å²) in [5.41, 5.74) is 1.84. The van der Waals surface area contributed by atoms with E-state index in [2.05, 4.69) is 4.98 Å². The molecule has 0 N–H and O–H groups in total. The summed E-state index contributed by atoms with van der Waals surface area (Å²) < 4.78 is 25.7. The fourth-order valence-corrected chi connectivity index (χ4v) is 4.14. The molecule has 0 unspecified atom stereocenters. The fraction of sp³-hybridized carbons (Fsp3) is 0.333. The Bertz CT molecular complexity index is 983. The molecule has 1 aromatic heterocycles. The van der Waals surface area contributed by atoms with Gasteiger partial charge in [-0.2, -0.15) is 0 Å². The lowest BCUT2D eigenvalue weighted by Crippen LogP contribution is -2.43. The van der Waals surface area contributed by atoms with Gasteiger partial charge in [0.15, 0.2) is 6.61 Å². The Kier molecular flexibility index (Phi) is 5.43. The third-order valence-corrected chi connectivity index (χ3v) is 5.65. The Morgan fingerprint density at radius 2 is 2.07 bits per heavy atom. The van der Waals surface area contributed by atoms with Crippen molar-refractivity contribution in [2.24, 2.45) is 0 Å². The number of carbonyl (C=O) groups is 1. The van der Waals surface area contributed by atoms with E-state index in [1.54, 1.807) is 6.07 Å². The Morgan fingerprint density at radius 3 is 2.86 bits per heavy atom. The van der Waals surface area contributed by atoms with Crippen molar-refractivity contribution in [3.8, 4) is 10.9 Å². The van der Waals surface area contributed by atoms with E-state index in [-0.39, 0.29) is 24.4 Å². The van der Waals surface area contributed by atoms with Crippen molar-refractivity contribution in [3.63, 3.8) is 0 Å². The number of carbonyl (C=O) groups excluding carboxylic acids is 1. The number of aryl methyl sites for hydroxylation is 1. The maximum atomic E-state index is 13.3. The highest BCUT2D eigenvalue weighted by atomic mass is 32.1. The first-order valence-corrected chi connectivity index (χ1v) is 10.1.